The second-order valence-electron chi connectivity index (χ2n) is 11.4. The van der Waals surface area contributed by atoms with Gasteiger partial charge in [0.1, 0.15) is 5.60 Å². The van der Waals surface area contributed by atoms with Crippen molar-refractivity contribution in [3.05, 3.63) is 58.4 Å². The number of ether oxygens (including phenoxy) is 3. The lowest BCUT2D eigenvalue weighted by atomic mass is 9.65. The van der Waals surface area contributed by atoms with E-state index in [9.17, 15) is 36.3 Å². The van der Waals surface area contributed by atoms with Crippen molar-refractivity contribution in [1.29, 1.82) is 0 Å². The molecule has 4 unspecified atom stereocenters. The second-order valence-corrected chi connectivity index (χ2v) is 14.0. The molecule has 2 N–H and O–H groups in total. The maximum atomic E-state index is 13.9. The van der Waals surface area contributed by atoms with Crippen molar-refractivity contribution in [3.63, 3.8) is 0 Å². The molecule has 1 saturated heterocycles. The molecule has 42 heavy (non-hydrogen) atoms. The van der Waals surface area contributed by atoms with Crippen molar-refractivity contribution in [1.82, 2.24) is 0 Å². The van der Waals surface area contributed by atoms with Gasteiger partial charge in [-0.2, -0.15) is 0 Å². The Balaban J connectivity index is 1.42. The zero-order chi connectivity index (χ0) is 30.8. The summed E-state index contributed by atoms with van der Waals surface area (Å²) in [7, 11) is -3.01. The molecule has 1 aliphatic heterocycles. The molecule has 228 valence electrons. The quantitative estimate of drug-likeness (QED) is 0.355. The molecule has 0 radical (unpaired) electrons. The fraction of sp³-hybridized carbons (Fsp3) is 0.500. The first-order valence-electron chi connectivity index (χ1n) is 13.2. The Morgan fingerprint density at radius 2 is 1.67 bits per heavy atom. The summed E-state index contributed by atoms with van der Waals surface area (Å²) in [6, 6.07) is 4.67. The molecule has 9 nitrogen and oxygen atoms in total. The number of amides is 1. The molecule has 0 spiro atoms. The number of halogens is 4. The minimum atomic E-state index is -4.19. The van der Waals surface area contributed by atoms with Gasteiger partial charge >= 0.3 is 5.97 Å². The van der Waals surface area contributed by atoms with Crippen LogP contribution in [0.1, 0.15) is 49.9 Å². The van der Waals surface area contributed by atoms with Gasteiger partial charge in [-0.1, -0.05) is 11.6 Å². The summed E-state index contributed by atoms with van der Waals surface area (Å²) in [5.74, 6) is -8.96. The summed E-state index contributed by atoms with van der Waals surface area (Å²) >= 11 is 6.29. The highest BCUT2D eigenvalue weighted by atomic mass is 35.5. The van der Waals surface area contributed by atoms with Crippen molar-refractivity contribution >= 4 is 39.0 Å². The van der Waals surface area contributed by atoms with Crippen molar-refractivity contribution in [3.8, 4) is 0 Å². The van der Waals surface area contributed by atoms with E-state index in [2.05, 4.69) is 5.32 Å². The van der Waals surface area contributed by atoms with Crippen LogP contribution in [0.15, 0.2) is 35.2 Å². The van der Waals surface area contributed by atoms with E-state index in [4.69, 9.17) is 25.8 Å². The van der Waals surface area contributed by atoms with E-state index < -0.39 is 73.2 Å². The predicted molar refractivity (Wildman–Crippen MR) is 143 cm³/mol. The maximum absolute atomic E-state index is 13.9. The Labute approximate surface area is 245 Å². The van der Waals surface area contributed by atoms with Crippen LogP contribution in [0.25, 0.3) is 0 Å². The van der Waals surface area contributed by atoms with E-state index in [0.29, 0.717) is 25.0 Å². The zero-order valence-corrected chi connectivity index (χ0v) is 24.5. The van der Waals surface area contributed by atoms with Crippen LogP contribution in [0.5, 0.6) is 0 Å². The van der Waals surface area contributed by atoms with Crippen LogP contribution in [0.3, 0.4) is 0 Å². The van der Waals surface area contributed by atoms with Gasteiger partial charge in [0.25, 0.3) is 5.91 Å². The molecule has 3 fully saturated rings. The number of rotatable bonds is 6. The molecule has 14 heteroatoms. The third-order valence-corrected chi connectivity index (χ3v) is 11.2. The lowest BCUT2D eigenvalue weighted by molar-refractivity contribution is -0.247. The number of carbonyl (C=O) groups excluding carboxylic acids is 2. The summed E-state index contributed by atoms with van der Waals surface area (Å²) in [6.07, 6.45) is 0.797. The van der Waals surface area contributed by atoms with E-state index in [1.165, 1.54) is 19.2 Å². The molecule has 1 amide bonds. The highest BCUT2D eigenvalue weighted by Crippen LogP contribution is 2.59. The molecule has 2 bridgehead atoms. The summed E-state index contributed by atoms with van der Waals surface area (Å²) in [5, 5.41) is 13.2. The van der Waals surface area contributed by atoms with Crippen LogP contribution >= 0.6 is 11.6 Å². The smallest absolute Gasteiger partial charge is 0.343 e. The van der Waals surface area contributed by atoms with E-state index in [0.717, 1.165) is 6.07 Å². The average molecular weight is 632 g/mol. The molecule has 2 aliphatic carbocycles. The number of benzene rings is 2. The summed E-state index contributed by atoms with van der Waals surface area (Å²) in [6.45, 7) is 2.94. The minimum absolute atomic E-state index is 0.0290. The fourth-order valence-electron chi connectivity index (χ4n) is 6.67. The summed E-state index contributed by atoms with van der Waals surface area (Å²) < 4.78 is 85.0. The monoisotopic (exact) mass is 631 g/mol. The number of nitrogens with one attached hydrogen (secondary N) is 1. The average Bonchev–Trinajstić information content (AvgIpc) is 3.31. The molecule has 5 rings (SSSR count). The Morgan fingerprint density at radius 1 is 1.07 bits per heavy atom. The molecular weight excluding hydrogens is 603 g/mol. The second kappa shape index (κ2) is 10.5. The maximum Gasteiger partial charge on any atom is 0.343 e. The van der Waals surface area contributed by atoms with E-state index in [-0.39, 0.29) is 40.6 Å². The highest BCUT2D eigenvalue weighted by molar-refractivity contribution is 7.92. The van der Waals surface area contributed by atoms with Gasteiger partial charge in [-0.3, -0.25) is 4.79 Å². The topological polar surface area (TPSA) is 128 Å². The number of fused-ring (bicyclic) bond motifs is 2. The number of aliphatic hydroxyl groups is 1. The molecule has 1 heterocycles. The Kier molecular flexibility index (Phi) is 7.67. The lowest BCUT2D eigenvalue weighted by Crippen LogP contribution is -2.68. The first-order chi connectivity index (χ1) is 19.6. The molecule has 2 aromatic rings. The molecule has 5 atom stereocenters. The van der Waals surface area contributed by atoms with Gasteiger partial charge in [0, 0.05) is 23.4 Å². The van der Waals surface area contributed by atoms with Gasteiger partial charge in [-0.05, 0) is 69.6 Å². The predicted octanol–water partition coefficient (Wildman–Crippen LogP) is 4.40. The zero-order valence-electron chi connectivity index (χ0n) is 22.9. The summed E-state index contributed by atoms with van der Waals surface area (Å²) in [4.78, 5) is 25.5. The first kappa shape index (κ1) is 30.7. The number of hydrogen-bond donors (Lipinski definition) is 2. The third kappa shape index (κ3) is 4.79. The Morgan fingerprint density at radius 3 is 2.19 bits per heavy atom. The van der Waals surface area contributed by atoms with E-state index in [1.807, 2.05) is 0 Å². The lowest BCUT2D eigenvalue weighted by Gasteiger charge is -2.50. The Hall–Kier alpha value is -2.71. The van der Waals surface area contributed by atoms with Crippen molar-refractivity contribution < 1.29 is 50.5 Å². The van der Waals surface area contributed by atoms with Gasteiger partial charge in [0.05, 0.1) is 28.9 Å². The first-order valence-corrected chi connectivity index (χ1v) is 15.1. The summed E-state index contributed by atoms with van der Waals surface area (Å²) in [5.41, 5.74) is -4.16. The van der Waals surface area contributed by atoms with Crippen molar-refractivity contribution in [2.24, 2.45) is 11.8 Å². The van der Waals surface area contributed by atoms with Crippen molar-refractivity contribution in [2.45, 2.75) is 66.7 Å². The number of hydrogen-bond acceptors (Lipinski definition) is 8. The van der Waals surface area contributed by atoms with E-state index >= 15 is 0 Å². The van der Waals surface area contributed by atoms with Gasteiger partial charge in [-0.15, -0.1) is 0 Å². The minimum Gasteiger partial charge on any atom is -0.467 e. The SMILES string of the molecule is COC(=O)C1(C2(O)C3CC[C@H]2CC(S(=O)(=O)c2cc(C(=O)Nc4cc(F)c(F)c(F)c4)ccc2Cl)C3)COC(C)(C)O1. The van der Waals surface area contributed by atoms with Gasteiger partial charge in [0.15, 0.2) is 33.1 Å². The molecule has 2 saturated carbocycles. The largest absolute Gasteiger partial charge is 0.467 e. The molecule has 2 aromatic carbocycles. The fourth-order valence-corrected chi connectivity index (χ4v) is 9.07. The van der Waals surface area contributed by atoms with Crippen LogP contribution in [-0.4, -0.2) is 61.4 Å². The van der Waals surface area contributed by atoms with Crippen LogP contribution < -0.4 is 5.32 Å². The Bertz CT molecular complexity index is 1530. The number of methoxy groups -OCH3 is 1. The molecule has 0 aromatic heterocycles. The van der Waals surface area contributed by atoms with Crippen molar-refractivity contribution in [2.75, 3.05) is 19.0 Å². The van der Waals surface area contributed by atoms with E-state index in [1.54, 1.807) is 13.8 Å². The van der Waals surface area contributed by atoms with Gasteiger partial charge in [-0.25, -0.2) is 26.4 Å². The number of sulfone groups is 1. The highest BCUT2D eigenvalue weighted by Gasteiger charge is 2.73. The molecule has 3 aliphatic rings. The number of anilines is 1. The van der Waals surface area contributed by atoms with Gasteiger partial charge < -0.3 is 24.6 Å². The van der Waals surface area contributed by atoms with Crippen LogP contribution in [0.2, 0.25) is 5.02 Å². The third-order valence-electron chi connectivity index (χ3n) is 8.59. The number of esters is 1. The normalized spacial score (nSPS) is 30.2. The number of carbonyl (C=O) groups is 2. The van der Waals surface area contributed by atoms with Gasteiger partial charge in [0.2, 0.25) is 5.60 Å². The standard InChI is InChI=1S/C28H29ClF3NO8S/c1-26(2)40-13-27(41-26,25(35)39-3)28(36)15-5-6-16(28)10-18(9-15)42(37,38)22-8-14(4-7-19(22)29)24(34)33-17-11-20(30)23(32)21(31)12-17/h4,7-8,11-12,15-16,18,36H,5-6,9-10,13H2,1-3H3,(H,33,34)/t15-,16?,18?,27?,28?/m0/s1. The van der Waals surface area contributed by atoms with Crippen LogP contribution in [-0.2, 0) is 28.8 Å². The van der Waals surface area contributed by atoms with Crippen LogP contribution in [0, 0.1) is 29.3 Å². The van der Waals surface area contributed by atoms with Crippen LogP contribution in [0.4, 0.5) is 18.9 Å². The molecular formula is C28H29ClF3NO8S.